The van der Waals surface area contributed by atoms with Crippen molar-refractivity contribution in [1.29, 1.82) is 0 Å². The number of thioether (sulfide) groups is 1. The van der Waals surface area contributed by atoms with Gasteiger partial charge in [-0.3, -0.25) is 0 Å². The normalized spacial score (nSPS) is 11.5. The summed E-state index contributed by atoms with van der Waals surface area (Å²) in [5, 5.41) is 0.659. The van der Waals surface area contributed by atoms with Gasteiger partial charge >= 0.3 is 6.72 Å². The smallest absolute Gasteiger partial charge is 0.375 e. The maximum atomic E-state index is 8.97. The second-order valence-corrected chi connectivity index (χ2v) is 6.75. The fourth-order valence-electron chi connectivity index (χ4n) is 0.865. The van der Waals surface area contributed by atoms with Gasteiger partial charge in [-0.15, -0.1) is 11.8 Å². The van der Waals surface area contributed by atoms with Crippen LogP contribution in [0, 0.1) is 0 Å². The van der Waals surface area contributed by atoms with Gasteiger partial charge in [-0.05, 0) is 12.3 Å². The van der Waals surface area contributed by atoms with Crippen molar-refractivity contribution in [2.75, 3.05) is 6.26 Å². The van der Waals surface area contributed by atoms with Crippen LogP contribution in [0.15, 0.2) is 17.0 Å². The SMILES string of the molecule is CSc1cc(Cl)c(OP(O)(O)=S)cc1Cl. The molecule has 0 heterocycles. The summed E-state index contributed by atoms with van der Waals surface area (Å²) in [6.07, 6.45) is 1.85. The number of halogens is 2. The van der Waals surface area contributed by atoms with E-state index in [1.807, 2.05) is 6.26 Å². The maximum absolute atomic E-state index is 8.97. The van der Waals surface area contributed by atoms with Crippen molar-refractivity contribution in [3.63, 3.8) is 0 Å². The molecule has 2 N–H and O–H groups in total. The molecule has 0 amide bonds. The summed E-state index contributed by atoms with van der Waals surface area (Å²) in [5.74, 6) is 0.0767. The van der Waals surface area contributed by atoms with Crippen molar-refractivity contribution in [2.24, 2.45) is 0 Å². The van der Waals surface area contributed by atoms with Crippen LogP contribution in [-0.4, -0.2) is 16.0 Å². The lowest BCUT2D eigenvalue weighted by Crippen LogP contribution is -1.91. The first-order chi connectivity index (χ1) is 6.83. The highest BCUT2D eigenvalue weighted by Gasteiger charge is 2.15. The minimum atomic E-state index is -3.77. The summed E-state index contributed by atoms with van der Waals surface area (Å²) in [6, 6.07) is 2.98. The summed E-state index contributed by atoms with van der Waals surface area (Å²) in [7, 11) is 0. The standard InChI is InChI=1S/C7H7Cl2O3PS2/c1-15-7-3-4(8)6(2-5(7)9)12-13(10,11)14/h2-3H,1H3,(H2,10,11,14). The van der Waals surface area contributed by atoms with E-state index in [0.29, 0.717) is 5.02 Å². The van der Waals surface area contributed by atoms with Crippen LogP contribution >= 0.6 is 41.7 Å². The van der Waals surface area contributed by atoms with Gasteiger partial charge in [-0.2, -0.15) is 0 Å². The summed E-state index contributed by atoms with van der Waals surface area (Å²) in [6.45, 7) is -3.77. The maximum Gasteiger partial charge on any atom is 0.375 e. The lowest BCUT2D eigenvalue weighted by molar-refractivity contribution is 0.370. The van der Waals surface area contributed by atoms with Crippen molar-refractivity contribution in [3.8, 4) is 5.75 Å². The molecule has 3 nitrogen and oxygen atoms in total. The average Bonchev–Trinajstić information content (AvgIpc) is 2.08. The Morgan fingerprint density at radius 1 is 1.33 bits per heavy atom. The van der Waals surface area contributed by atoms with Gasteiger partial charge in [0.15, 0.2) is 0 Å². The quantitative estimate of drug-likeness (QED) is 0.663. The molecule has 0 saturated carbocycles. The summed E-state index contributed by atoms with van der Waals surface area (Å²) in [4.78, 5) is 18.7. The molecule has 1 aromatic rings. The van der Waals surface area contributed by atoms with Gasteiger partial charge in [-0.1, -0.05) is 23.2 Å². The van der Waals surface area contributed by atoms with Gasteiger partial charge in [-0.25, -0.2) is 0 Å². The highest BCUT2D eigenvalue weighted by Crippen LogP contribution is 2.43. The number of hydrogen-bond acceptors (Lipinski definition) is 3. The van der Waals surface area contributed by atoms with E-state index in [2.05, 4.69) is 11.8 Å². The van der Waals surface area contributed by atoms with Crippen LogP contribution in [-0.2, 0) is 11.8 Å². The van der Waals surface area contributed by atoms with E-state index in [9.17, 15) is 0 Å². The summed E-state index contributed by atoms with van der Waals surface area (Å²) >= 11 is 17.5. The van der Waals surface area contributed by atoms with Crippen molar-refractivity contribution >= 4 is 53.5 Å². The lowest BCUT2D eigenvalue weighted by Gasteiger charge is -2.12. The molecule has 1 aromatic carbocycles. The molecular weight excluding hydrogens is 298 g/mol. The predicted molar refractivity (Wildman–Crippen MR) is 67.6 cm³/mol. The van der Waals surface area contributed by atoms with E-state index >= 15 is 0 Å². The molecule has 1 rings (SSSR count). The zero-order valence-electron chi connectivity index (χ0n) is 7.48. The van der Waals surface area contributed by atoms with E-state index < -0.39 is 6.72 Å². The van der Waals surface area contributed by atoms with Crippen molar-refractivity contribution < 1.29 is 14.3 Å². The highest BCUT2D eigenvalue weighted by molar-refractivity contribution is 8.06. The Bertz CT molecular complexity index is 421. The first-order valence-corrected chi connectivity index (χ1v) is 8.22. The Morgan fingerprint density at radius 3 is 2.40 bits per heavy atom. The van der Waals surface area contributed by atoms with Gasteiger partial charge < -0.3 is 14.3 Å². The molecule has 0 aliphatic carbocycles. The fourth-order valence-corrected chi connectivity index (χ4v) is 2.71. The second-order valence-electron chi connectivity index (χ2n) is 2.50. The van der Waals surface area contributed by atoms with E-state index in [1.165, 1.54) is 17.8 Å². The number of rotatable bonds is 3. The Labute approximate surface area is 107 Å². The largest absolute Gasteiger partial charge is 0.423 e. The van der Waals surface area contributed by atoms with Crippen LogP contribution < -0.4 is 4.52 Å². The summed E-state index contributed by atoms with van der Waals surface area (Å²) < 4.78 is 4.72. The molecule has 84 valence electrons. The third-order valence-electron chi connectivity index (χ3n) is 1.42. The molecule has 15 heavy (non-hydrogen) atoms. The zero-order chi connectivity index (χ0) is 11.6. The van der Waals surface area contributed by atoms with E-state index in [-0.39, 0.29) is 10.8 Å². The van der Waals surface area contributed by atoms with Crippen LogP contribution in [0.2, 0.25) is 10.0 Å². The molecule has 0 aliphatic rings. The third kappa shape index (κ3) is 4.11. The van der Waals surface area contributed by atoms with E-state index in [1.54, 1.807) is 6.07 Å². The topological polar surface area (TPSA) is 49.7 Å². The van der Waals surface area contributed by atoms with Crippen LogP contribution in [0.25, 0.3) is 0 Å². The van der Waals surface area contributed by atoms with Crippen LogP contribution in [0.3, 0.4) is 0 Å². The minimum absolute atomic E-state index is 0.0767. The Morgan fingerprint density at radius 2 is 1.93 bits per heavy atom. The molecule has 0 bridgehead atoms. The van der Waals surface area contributed by atoms with E-state index in [0.717, 1.165) is 4.90 Å². The van der Waals surface area contributed by atoms with Crippen LogP contribution in [0.5, 0.6) is 5.75 Å². The van der Waals surface area contributed by atoms with Crippen molar-refractivity contribution in [1.82, 2.24) is 0 Å². The molecule has 0 aliphatic heterocycles. The molecule has 0 aromatic heterocycles. The molecule has 0 unspecified atom stereocenters. The molecule has 8 heteroatoms. The van der Waals surface area contributed by atoms with Gasteiger partial charge in [0.2, 0.25) is 0 Å². The number of hydrogen-bond donors (Lipinski definition) is 2. The fraction of sp³-hybridized carbons (Fsp3) is 0.143. The Balaban J connectivity index is 3.11. The summed E-state index contributed by atoms with van der Waals surface area (Å²) in [5.41, 5.74) is 0. The van der Waals surface area contributed by atoms with Crippen LogP contribution in [0.1, 0.15) is 0 Å². The van der Waals surface area contributed by atoms with Gasteiger partial charge in [0.1, 0.15) is 5.75 Å². The van der Waals surface area contributed by atoms with Gasteiger partial charge in [0.25, 0.3) is 0 Å². The lowest BCUT2D eigenvalue weighted by atomic mass is 10.3. The van der Waals surface area contributed by atoms with Crippen LogP contribution in [0.4, 0.5) is 0 Å². The number of benzene rings is 1. The Hall–Kier alpha value is 0.520. The zero-order valence-corrected chi connectivity index (χ0v) is 11.5. The molecule has 0 fully saturated rings. The highest BCUT2D eigenvalue weighted by atomic mass is 35.5. The molecule has 0 spiro atoms. The van der Waals surface area contributed by atoms with Crippen molar-refractivity contribution in [2.45, 2.75) is 4.90 Å². The third-order valence-corrected chi connectivity index (χ3v) is 3.58. The minimum Gasteiger partial charge on any atom is -0.423 e. The average molecular weight is 305 g/mol. The molecular formula is C7H7Cl2O3PS2. The molecule has 0 radical (unpaired) electrons. The molecule has 0 atom stereocenters. The van der Waals surface area contributed by atoms with Crippen molar-refractivity contribution in [3.05, 3.63) is 22.2 Å². The first-order valence-electron chi connectivity index (χ1n) is 3.61. The van der Waals surface area contributed by atoms with Gasteiger partial charge in [0.05, 0.1) is 10.0 Å². The Kier molecular flexibility index (Phi) is 4.74. The monoisotopic (exact) mass is 304 g/mol. The van der Waals surface area contributed by atoms with Gasteiger partial charge in [0, 0.05) is 22.8 Å². The van der Waals surface area contributed by atoms with E-state index in [4.69, 9.17) is 37.5 Å². The second kappa shape index (κ2) is 5.23. The predicted octanol–water partition coefficient (Wildman–Crippen LogP) is 3.30. The molecule has 0 saturated heterocycles. The first kappa shape index (κ1) is 13.6.